The first-order valence-electron chi connectivity index (χ1n) is 12.8. The molecule has 37 heavy (non-hydrogen) atoms. The molecule has 3 aromatic heterocycles. The fraction of sp³-hybridized carbons (Fsp3) is 0.310. The van der Waals surface area contributed by atoms with Crippen molar-refractivity contribution in [2.75, 3.05) is 6.54 Å². The normalized spacial score (nSPS) is 12.4. The van der Waals surface area contributed by atoms with Gasteiger partial charge in [-0.1, -0.05) is 61.9 Å². The van der Waals surface area contributed by atoms with Crippen LogP contribution in [-0.4, -0.2) is 36.6 Å². The average molecular weight is 497 g/mol. The number of para-hydroxylation sites is 1. The number of H-pyrrole nitrogens is 1. The number of aryl methyl sites for hydroxylation is 1. The minimum absolute atomic E-state index is 0.0584. The summed E-state index contributed by atoms with van der Waals surface area (Å²) in [4.78, 5) is 18.7. The largest absolute Gasteiger partial charge is 0.467 e. The zero-order chi connectivity index (χ0) is 25.6. The molecule has 0 spiro atoms. The number of nitrogens with one attached hydrogen (secondary N) is 1. The van der Waals surface area contributed by atoms with Gasteiger partial charge in [0.25, 0.3) is 5.56 Å². The summed E-state index contributed by atoms with van der Waals surface area (Å²) in [6, 6.07) is 22.2. The van der Waals surface area contributed by atoms with Gasteiger partial charge in [0.2, 0.25) is 0 Å². The monoisotopic (exact) mass is 496 g/mol. The standard InChI is InChI=1S/C29H32N6O2/c1-3-9-26(28-31-32-33-35(28)20-25-14-8-17-37-25)34(16-15-22-11-5-4-6-12-22)19-24-18-23-13-7-10-21(2)27(23)30-29(24)36/h4-8,10-14,17-18,26H,3,9,15-16,19-20H2,1-2H3,(H,30,36). The number of benzene rings is 2. The second kappa shape index (κ2) is 11.3. The van der Waals surface area contributed by atoms with Crippen LogP contribution in [0.4, 0.5) is 0 Å². The van der Waals surface area contributed by atoms with Crippen molar-refractivity contribution in [3.8, 4) is 0 Å². The highest BCUT2D eigenvalue weighted by atomic mass is 16.3. The molecule has 0 saturated heterocycles. The van der Waals surface area contributed by atoms with Crippen LogP contribution in [-0.2, 0) is 19.5 Å². The van der Waals surface area contributed by atoms with Gasteiger partial charge in [0.05, 0.1) is 17.8 Å². The Labute approximate surface area is 215 Å². The van der Waals surface area contributed by atoms with Crippen molar-refractivity contribution in [3.63, 3.8) is 0 Å². The molecule has 5 rings (SSSR count). The summed E-state index contributed by atoms with van der Waals surface area (Å²) in [6.45, 7) is 5.88. The molecule has 1 unspecified atom stereocenters. The van der Waals surface area contributed by atoms with Crippen LogP contribution >= 0.6 is 0 Å². The van der Waals surface area contributed by atoms with E-state index >= 15 is 0 Å². The molecule has 1 N–H and O–H groups in total. The quantitative estimate of drug-likeness (QED) is 0.275. The first-order chi connectivity index (χ1) is 18.1. The summed E-state index contributed by atoms with van der Waals surface area (Å²) in [5, 5.41) is 13.8. The third kappa shape index (κ3) is 5.70. The molecular weight excluding hydrogens is 464 g/mol. The molecule has 0 saturated carbocycles. The lowest BCUT2D eigenvalue weighted by Crippen LogP contribution is -2.34. The molecule has 5 aromatic rings. The fourth-order valence-electron chi connectivity index (χ4n) is 4.89. The van der Waals surface area contributed by atoms with Crippen LogP contribution in [0.3, 0.4) is 0 Å². The van der Waals surface area contributed by atoms with Gasteiger partial charge >= 0.3 is 0 Å². The van der Waals surface area contributed by atoms with E-state index in [1.807, 2.05) is 54.1 Å². The van der Waals surface area contributed by atoms with Gasteiger partial charge < -0.3 is 9.40 Å². The van der Waals surface area contributed by atoms with Gasteiger partial charge in [0.1, 0.15) is 12.3 Å². The van der Waals surface area contributed by atoms with E-state index in [-0.39, 0.29) is 11.6 Å². The Morgan fingerprint density at radius 1 is 1.08 bits per heavy atom. The molecule has 8 nitrogen and oxygen atoms in total. The van der Waals surface area contributed by atoms with Crippen LogP contribution in [0.1, 0.15) is 54.1 Å². The Hall–Kier alpha value is -4.04. The van der Waals surface area contributed by atoms with Crippen molar-refractivity contribution in [2.24, 2.45) is 0 Å². The van der Waals surface area contributed by atoms with Crippen molar-refractivity contribution in [3.05, 3.63) is 112 Å². The molecule has 0 aliphatic rings. The number of tetrazole rings is 1. The lowest BCUT2D eigenvalue weighted by Gasteiger charge is -2.31. The zero-order valence-corrected chi connectivity index (χ0v) is 21.3. The van der Waals surface area contributed by atoms with Crippen LogP contribution in [0, 0.1) is 6.92 Å². The van der Waals surface area contributed by atoms with Crippen molar-refractivity contribution in [2.45, 2.75) is 52.2 Å². The van der Waals surface area contributed by atoms with E-state index in [1.165, 1.54) is 5.56 Å². The maximum absolute atomic E-state index is 13.2. The summed E-state index contributed by atoms with van der Waals surface area (Å²) in [7, 11) is 0. The Bertz CT molecular complexity index is 1490. The fourth-order valence-corrected chi connectivity index (χ4v) is 4.89. The molecule has 8 heteroatoms. The molecule has 3 heterocycles. The first-order valence-corrected chi connectivity index (χ1v) is 12.8. The molecule has 190 valence electrons. The van der Waals surface area contributed by atoms with Crippen LogP contribution in [0.5, 0.6) is 0 Å². The molecule has 0 radical (unpaired) electrons. The number of furan rings is 1. The van der Waals surface area contributed by atoms with Gasteiger partial charge in [-0.15, -0.1) is 5.10 Å². The Morgan fingerprint density at radius 2 is 1.95 bits per heavy atom. The second-order valence-electron chi connectivity index (χ2n) is 9.45. The summed E-state index contributed by atoms with van der Waals surface area (Å²) in [5.74, 6) is 1.57. The van der Waals surface area contributed by atoms with E-state index in [1.54, 1.807) is 6.26 Å². The van der Waals surface area contributed by atoms with Gasteiger partial charge in [-0.3, -0.25) is 9.69 Å². The third-order valence-corrected chi connectivity index (χ3v) is 6.82. The summed E-state index contributed by atoms with van der Waals surface area (Å²) >= 11 is 0. The number of aromatic nitrogens is 5. The minimum atomic E-state index is -0.0636. The number of fused-ring (bicyclic) bond motifs is 1. The maximum Gasteiger partial charge on any atom is 0.252 e. The maximum atomic E-state index is 13.2. The molecule has 0 bridgehead atoms. The first kappa shape index (κ1) is 24.6. The Balaban J connectivity index is 1.50. The number of hydrogen-bond donors (Lipinski definition) is 1. The van der Waals surface area contributed by atoms with E-state index in [0.29, 0.717) is 13.1 Å². The highest BCUT2D eigenvalue weighted by Crippen LogP contribution is 2.27. The van der Waals surface area contributed by atoms with Crippen molar-refractivity contribution in [1.82, 2.24) is 30.1 Å². The van der Waals surface area contributed by atoms with Crippen LogP contribution in [0.2, 0.25) is 0 Å². The number of aromatic amines is 1. The summed E-state index contributed by atoms with van der Waals surface area (Å²) < 4.78 is 7.36. The molecule has 0 aliphatic heterocycles. The SMILES string of the molecule is CCCC(c1nnnn1Cc1ccco1)N(CCc1ccccc1)Cc1cc2cccc(C)c2[nH]c1=O. The van der Waals surface area contributed by atoms with Crippen LogP contribution in [0.15, 0.2) is 82.2 Å². The van der Waals surface area contributed by atoms with E-state index in [2.05, 4.69) is 56.6 Å². The number of rotatable bonds is 11. The molecule has 0 fully saturated rings. The van der Waals surface area contributed by atoms with Gasteiger partial charge in [0, 0.05) is 18.7 Å². The highest BCUT2D eigenvalue weighted by Gasteiger charge is 2.27. The number of pyridine rings is 1. The van der Waals surface area contributed by atoms with Gasteiger partial charge in [0.15, 0.2) is 5.82 Å². The lowest BCUT2D eigenvalue weighted by atomic mass is 10.0. The predicted molar refractivity (Wildman–Crippen MR) is 143 cm³/mol. The molecule has 2 aromatic carbocycles. The lowest BCUT2D eigenvalue weighted by molar-refractivity contribution is 0.166. The molecule has 0 amide bonds. The van der Waals surface area contributed by atoms with Gasteiger partial charge in [-0.2, -0.15) is 0 Å². The van der Waals surface area contributed by atoms with Crippen molar-refractivity contribution < 1.29 is 4.42 Å². The Kier molecular flexibility index (Phi) is 7.56. The van der Waals surface area contributed by atoms with E-state index in [9.17, 15) is 4.79 Å². The van der Waals surface area contributed by atoms with Gasteiger partial charge in [-0.05, 0) is 64.9 Å². The molecular formula is C29H32N6O2. The molecule has 1 atom stereocenters. The summed E-state index contributed by atoms with van der Waals surface area (Å²) in [5.41, 5.74) is 3.87. The second-order valence-corrected chi connectivity index (χ2v) is 9.45. The van der Waals surface area contributed by atoms with Gasteiger partial charge in [-0.25, -0.2) is 4.68 Å². The van der Waals surface area contributed by atoms with E-state index in [4.69, 9.17) is 4.42 Å². The molecule has 0 aliphatic carbocycles. The van der Waals surface area contributed by atoms with Crippen LogP contribution in [0.25, 0.3) is 10.9 Å². The van der Waals surface area contributed by atoms with Crippen molar-refractivity contribution in [1.29, 1.82) is 0 Å². The number of hydrogen-bond acceptors (Lipinski definition) is 6. The summed E-state index contributed by atoms with van der Waals surface area (Å²) in [6.07, 6.45) is 4.32. The number of nitrogens with zero attached hydrogens (tertiary/aromatic N) is 5. The third-order valence-electron chi connectivity index (χ3n) is 6.82. The van der Waals surface area contributed by atoms with Crippen LogP contribution < -0.4 is 5.56 Å². The smallest absolute Gasteiger partial charge is 0.252 e. The predicted octanol–water partition coefficient (Wildman–Crippen LogP) is 5.05. The van der Waals surface area contributed by atoms with E-state index in [0.717, 1.165) is 59.4 Å². The average Bonchev–Trinajstić information content (AvgIpc) is 3.59. The highest BCUT2D eigenvalue weighted by molar-refractivity contribution is 5.81. The Morgan fingerprint density at radius 3 is 2.73 bits per heavy atom. The minimum Gasteiger partial charge on any atom is -0.467 e. The topological polar surface area (TPSA) is 92.8 Å². The van der Waals surface area contributed by atoms with E-state index < -0.39 is 0 Å². The van der Waals surface area contributed by atoms with Crippen molar-refractivity contribution >= 4 is 10.9 Å². The zero-order valence-electron chi connectivity index (χ0n) is 21.3.